The minimum atomic E-state index is 0. The molecule has 2 fully saturated rings. The molecule has 0 aromatic carbocycles. The Balaban J connectivity index is 0.00000121. The number of nitrogens with zero attached hydrogens (tertiary/aromatic N) is 3. The molecule has 0 atom stereocenters. The first kappa shape index (κ1) is 21.1. The van der Waals surface area contributed by atoms with Crippen LogP contribution in [0.5, 0.6) is 0 Å². The number of halogens is 2. The van der Waals surface area contributed by atoms with Crippen LogP contribution in [0.25, 0.3) is 11.1 Å². The summed E-state index contributed by atoms with van der Waals surface area (Å²) in [6.45, 7) is 4.62. The molecule has 0 spiro atoms. The van der Waals surface area contributed by atoms with Crippen molar-refractivity contribution < 1.29 is 0 Å². The maximum atomic E-state index is 4.73. The van der Waals surface area contributed by atoms with Crippen molar-refractivity contribution in [2.24, 2.45) is 5.92 Å². The minimum absolute atomic E-state index is 0. The monoisotopic (exact) mass is 393 g/mol. The number of hydrogen-bond donors (Lipinski definition) is 0. The SMILES string of the molecule is Cc1cc(-c2ccc(CC3CCN(C4CCC4)CC3)nc2)ccn1.Cl.Cl. The van der Waals surface area contributed by atoms with E-state index in [1.54, 1.807) is 0 Å². The first-order valence-electron chi connectivity index (χ1n) is 9.40. The molecular weight excluding hydrogens is 365 g/mol. The molecule has 0 amide bonds. The van der Waals surface area contributed by atoms with E-state index in [9.17, 15) is 0 Å². The van der Waals surface area contributed by atoms with Crippen LogP contribution in [-0.2, 0) is 6.42 Å². The summed E-state index contributed by atoms with van der Waals surface area (Å²) in [5.74, 6) is 0.808. The highest BCUT2D eigenvalue weighted by atomic mass is 35.5. The lowest BCUT2D eigenvalue weighted by Gasteiger charge is -2.41. The molecule has 0 unspecified atom stereocenters. The summed E-state index contributed by atoms with van der Waals surface area (Å²) in [6, 6.07) is 9.50. The van der Waals surface area contributed by atoms with Crippen LogP contribution in [0.15, 0.2) is 36.7 Å². The number of aryl methyl sites for hydroxylation is 1. The van der Waals surface area contributed by atoms with Gasteiger partial charge < -0.3 is 4.90 Å². The lowest BCUT2D eigenvalue weighted by Crippen LogP contribution is -2.45. The zero-order chi connectivity index (χ0) is 16.4. The van der Waals surface area contributed by atoms with E-state index < -0.39 is 0 Å². The second-order valence-corrected chi connectivity index (χ2v) is 7.49. The van der Waals surface area contributed by atoms with Gasteiger partial charge >= 0.3 is 0 Å². The van der Waals surface area contributed by atoms with Gasteiger partial charge in [-0.05, 0) is 81.8 Å². The van der Waals surface area contributed by atoms with Crippen molar-refractivity contribution in [2.75, 3.05) is 13.1 Å². The van der Waals surface area contributed by atoms with Gasteiger partial charge in [0.25, 0.3) is 0 Å². The van der Waals surface area contributed by atoms with Crippen molar-refractivity contribution in [1.29, 1.82) is 0 Å². The van der Waals surface area contributed by atoms with Gasteiger partial charge in [0, 0.05) is 35.4 Å². The summed E-state index contributed by atoms with van der Waals surface area (Å²) in [4.78, 5) is 11.7. The van der Waals surface area contributed by atoms with Crippen LogP contribution < -0.4 is 0 Å². The van der Waals surface area contributed by atoms with E-state index in [1.807, 2.05) is 19.3 Å². The second-order valence-electron chi connectivity index (χ2n) is 7.49. The lowest BCUT2D eigenvalue weighted by molar-refractivity contribution is 0.0845. The van der Waals surface area contributed by atoms with Crippen LogP contribution in [0.2, 0.25) is 0 Å². The van der Waals surface area contributed by atoms with E-state index in [0.29, 0.717) is 0 Å². The van der Waals surface area contributed by atoms with E-state index in [-0.39, 0.29) is 24.8 Å². The molecule has 0 N–H and O–H groups in total. The Morgan fingerprint density at radius 2 is 1.73 bits per heavy atom. The number of piperidine rings is 1. The first-order chi connectivity index (χ1) is 11.8. The molecule has 1 saturated carbocycles. The number of pyridine rings is 2. The fourth-order valence-electron chi connectivity index (χ4n) is 4.01. The zero-order valence-electron chi connectivity index (χ0n) is 15.4. The number of aromatic nitrogens is 2. The highest BCUT2D eigenvalue weighted by molar-refractivity contribution is 5.85. The summed E-state index contributed by atoms with van der Waals surface area (Å²) in [5.41, 5.74) is 4.68. The van der Waals surface area contributed by atoms with Crippen LogP contribution in [0.3, 0.4) is 0 Å². The molecule has 0 bridgehead atoms. The molecule has 5 heteroatoms. The summed E-state index contributed by atoms with van der Waals surface area (Å²) in [5, 5.41) is 0. The fourth-order valence-corrected chi connectivity index (χ4v) is 4.01. The average molecular weight is 394 g/mol. The highest BCUT2D eigenvalue weighted by Crippen LogP contribution is 2.30. The molecule has 3 nitrogen and oxygen atoms in total. The Kier molecular flexibility index (Phi) is 7.87. The third-order valence-corrected chi connectivity index (χ3v) is 5.79. The normalized spacial score (nSPS) is 18.5. The van der Waals surface area contributed by atoms with E-state index in [0.717, 1.165) is 24.1 Å². The molecule has 0 radical (unpaired) electrons. The Bertz CT molecular complexity index is 678. The van der Waals surface area contributed by atoms with E-state index >= 15 is 0 Å². The lowest BCUT2D eigenvalue weighted by atomic mass is 9.86. The van der Waals surface area contributed by atoms with Crippen molar-refractivity contribution in [3.05, 3.63) is 48.0 Å². The minimum Gasteiger partial charge on any atom is -0.300 e. The zero-order valence-corrected chi connectivity index (χ0v) is 17.1. The molecular formula is C21H29Cl2N3. The quantitative estimate of drug-likeness (QED) is 0.722. The van der Waals surface area contributed by atoms with Gasteiger partial charge in [0.1, 0.15) is 0 Å². The number of rotatable bonds is 4. The van der Waals surface area contributed by atoms with Gasteiger partial charge in [0.15, 0.2) is 0 Å². The van der Waals surface area contributed by atoms with E-state index in [1.165, 1.54) is 62.0 Å². The summed E-state index contributed by atoms with van der Waals surface area (Å²) in [6.07, 6.45) is 12.0. The first-order valence-corrected chi connectivity index (χ1v) is 9.40. The predicted octanol–water partition coefficient (Wildman–Crippen LogP) is 5.10. The molecule has 4 rings (SSSR count). The van der Waals surface area contributed by atoms with E-state index in [4.69, 9.17) is 4.98 Å². The van der Waals surface area contributed by atoms with E-state index in [2.05, 4.69) is 34.1 Å². The maximum Gasteiger partial charge on any atom is 0.0406 e. The molecule has 1 aliphatic heterocycles. The topological polar surface area (TPSA) is 29.0 Å². The van der Waals surface area contributed by atoms with Crippen LogP contribution in [0.1, 0.15) is 43.5 Å². The van der Waals surface area contributed by atoms with Crippen LogP contribution in [0, 0.1) is 12.8 Å². The van der Waals surface area contributed by atoms with Gasteiger partial charge in [-0.2, -0.15) is 0 Å². The third kappa shape index (κ3) is 4.97. The van der Waals surface area contributed by atoms with Crippen molar-refractivity contribution in [3.63, 3.8) is 0 Å². The molecule has 1 aliphatic carbocycles. The molecule has 26 heavy (non-hydrogen) atoms. The van der Waals surface area contributed by atoms with Crippen molar-refractivity contribution in [1.82, 2.24) is 14.9 Å². The Hall–Kier alpha value is -1.16. The molecule has 2 aliphatic rings. The standard InChI is InChI=1S/C21H27N3.2ClH/c1-16-13-18(7-10-22-16)19-5-6-20(23-15-19)14-17-8-11-24(12-9-17)21-3-2-4-21;;/h5-7,10,13,15,17,21H,2-4,8-9,11-12,14H2,1H3;2*1H. The predicted molar refractivity (Wildman–Crippen MR) is 112 cm³/mol. The molecule has 3 heterocycles. The maximum absolute atomic E-state index is 4.73. The van der Waals surface area contributed by atoms with Gasteiger partial charge in [-0.1, -0.05) is 12.5 Å². The van der Waals surface area contributed by atoms with Gasteiger partial charge in [0.05, 0.1) is 0 Å². The largest absolute Gasteiger partial charge is 0.300 e. The van der Waals surface area contributed by atoms with Gasteiger partial charge in [-0.15, -0.1) is 24.8 Å². The summed E-state index contributed by atoms with van der Waals surface area (Å²) in [7, 11) is 0. The fraction of sp³-hybridized carbons (Fsp3) is 0.524. The molecule has 2 aromatic heterocycles. The van der Waals surface area contributed by atoms with Gasteiger partial charge in [-0.3, -0.25) is 9.97 Å². The Labute approximate surface area is 169 Å². The Morgan fingerprint density at radius 1 is 0.962 bits per heavy atom. The highest BCUT2D eigenvalue weighted by Gasteiger charge is 2.28. The van der Waals surface area contributed by atoms with Crippen molar-refractivity contribution in [3.8, 4) is 11.1 Å². The van der Waals surface area contributed by atoms with Crippen molar-refractivity contribution >= 4 is 24.8 Å². The van der Waals surface area contributed by atoms with Crippen LogP contribution in [0.4, 0.5) is 0 Å². The smallest absolute Gasteiger partial charge is 0.0406 e. The summed E-state index contributed by atoms with van der Waals surface area (Å²) >= 11 is 0. The number of hydrogen-bond acceptors (Lipinski definition) is 3. The number of likely N-dealkylation sites (tertiary alicyclic amines) is 1. The third-order valence-electron chi connectivity index (χ3n) is 5.79. The Morgan fingerprint density at radius 3 is 2.31 bits per heavy atom. The van der Waals surface area contributed by atoms with Crippen LogP contribution in [-0.4, -0.2) is 34.0 Å². The summed E-state index contributed by atoms with van der Waals surface area (Å²) < 4.78 is 0. The molecule has 1 saturated heterocycles. The van der Waals surface area contributed by atoms with Crippen LogP contribution >= 0.6 is 24.8 Å². The van der Waals surface area contributed by atoms with Gasteiger partial charge in [0.2, 0.25) is 0 Å². The average Bonchev–Trinajstić information content (AvgIpc) is 2.56. The molecule has 2 aromatic rings. The second kappa shape index (κ2) is 9.68. The van der Waals surface area contributed by atoms with Crippen molar-refractivity contribution in [2.45, 2.75) is 51.5 Å². The molecule has 142 valence electrons. The van der Waals surface area contributed by atoms with Gasteiger partial charge in [-0.25, -0.2) is 0 Å².